The maximum atomic E-state index is 12.6. The van der Waals surface area contributed by atoms with Crippen LogP contribution in [-0.2, 0) is 0 Å². The number of carbonyl (C=O) groups is 1. The first-order chi connectivity index (χ1) is 11.4. The third kappa shape index (κ3) is 3.01. The molecule has 1 aromatic heterocycles. The van der Waals surface area contributed by atoms with Gasteiger partial charge in [0.05, 0.1) is 5.52 Å². The Balaban J connectivity index is 2.10. The van der Waals surface area contributed by atoms with Crippen molar-refractivity contribution in [3.05, 3.63) is 39.7 Å². The lowest BCUT2D eigenvalue weighted by Gasteiger charge is -2.17. The van der Waals surface area contributed by atoms with Crippen LogP contribution in [0.25, 0.3) is 10.9 Å². The zero-order chi connectivity index (χ0) is 17.4. The number of carboxylic acid groups (broad SMARTS) is 1. The molecule has 3 rings (SSSR count). The third-order valence-corrected chi connectivity index (χ3v) is 4.33. The number of aromatic carboxylic acids is 1. The van der Waals surface area contributed by atoms with Crippen LogP contribution in [-0.4, -0.2) is 47.8 Å². The summed E-state index contributed by atoms with van der Waals surface area (Å²) in [5.41, 5.74) is 0.825. The Hall–Kier alpha value is -2.34. The number of benzene rings is 1. The fourth-order valence-electron chi connectivity index (χ4n) is 2.93. The molecule has 0 saturated heterocycles. The lowest BCUT2D eigenvalue weighted by molar-refractivity contribution is 0.0683. The first-order valence-electron chi connectivity index (χ1n) is 8.10. The van der Waals surface area contributed by atoms with E-state index >= 15 is 0 Å². The molecule has 1 aromatic carbocycles. The highest BCUT2D eigenvalue weighted by atomic mass is 16.5. The Kier molecular flexibility index (Phi) is 4.32. The molecule has 0 atom stereocenters. The summed E-state index contributed by atoms with van der Waals surface area (Å²) in [6, 6.07) is 5.49. The number of ether oxygens (including phenoxy) is 1. The molecular weight excluding hydrogens is 308 g/mol. The maximum absolute atomic E-state index is 12.6. The van der Waals surface area contributed by atoms with Crippen LogP contribution in [0, 0.1) is 6.92 Å². The van der Waals surface area contributed by atoms with Gasteiger partial charge in [0, 0.05) is 23.5 Å². The van der Waals surface area contributed by atoms with Crippen molar-refractivity contribution in [2.24, 2.45) is 0 Å². The molecular formula is C18H22N2O4. The van der Waals surface area contributed by atoms with E-state index < -0.39 is 5.97 Å². The van der Waals surface area contributed by atoms with Crippen LogP contribution < -0.4 is 10.2 Å². The molecule has 1 saturated carbocycles. The number of pyridine rings is 1. The molecule has 6 heteroatoms. The van der Waals surface area contributed by atoms with Crippen molar-refractivity contribution in [2.75, 3.05) is 27.2 Å². The number of fused-ring (bicyclic) bond motifs is 1. The molecule has 1 heterocycles. The predicted molar refractivity (Wildman–Crippen MR) is 92.2 cm³/mol. The summed E-state index contributed by atoms with van der Waals surface area (Å²) in [6.07, 6.45) is 1.89. The Morgan fingerprint density at radius 2 is 2.08 bits per heavy atom. The molecule has 0 amide bonds. The van der Waals surface area contributed by atoms with Gasteiger partial charge in [0.1, 0.15) is 18.1 Å². The van der Waals surface area contributed by atoms with E-state index in [1.165, 1.54) is 0 Å². The number of hydrogen-bond acceptors (Lipinski definition) is 4. The summed E-state index contributed by atoms with van der Waals surface area (Å²) in [5.74, 6) is -0.420. The van der Waals surface area contributed by atoms with Crippen LogP contribution in [0.15, 0.2) is 23.0 Å². The van der Waals surface area contributed by atoms with Gasteiger partial charge in [0.2, 0.25) is 0 Å². The minimum absolute atomic E-state index is 0.108. The summed E-state index contributed by atoms with van der Waals surface area (Å²) in [5, 5.41) is 10.1. The molecule has 0 bridgehead atoms. The molecule has 2 aromatic rings. The Bertz CT molecular complexity index is 850. The van der Waals surface area contributed by atoms with Crippen LogP contribution in [0.3, 0.4) is 0 Å². The highest BCUT2D eigenvalue weighted by Gasteiger charge is 2.30. The standard InChI is InChI=1S/C18H22N2O4/c1-11-16(18(22)23)20(12-4-5-12)15-7-6-13(10-14(15)17(11)21)24-9-8-19(2)3/h6-7,10,12H,4-5,8-9H2,1-3H3,(H,22,23). The van der Waals surface area contributed by atoms with Gasteiger partial charge in [-0.25, -0.2) is 4.79 Å². The maximum Gasteiger partial charge on any atom is 0.352 e. The molecule has 24 heavy (non-hydrogen) atoms. The number of likely N-dealkylation sites (N-methyl/N-ethyl adjacent to an activating group) is 1. The summed E-state index contributed by atoms with van der Waals surface area (Å²) in [7, 11) is 3.93. The molecule has 0 spiro atoms. The number of hydrogen-bond donors (Lipinski definition) is 1. The minimum Gasteiger partial charge on any atom is -0.492 e. The zero-order valence-corrected chi connectivity index (χ0v) is 14.2. The summed E-state index contributed by atoms with van der Waals surface area (Å²) < 4.78 is 7.51. The van der Waals surface area contributed by atoms with Crippen LogP contribution in [0.4, 0.5) is 0 Å². The van der Waals surface area contributed by atoms with Gasteiger partial charge in [-0.3, -0.25) is 4.79 Å². The average Bonchev–Trinajstić information content (AvgIpc) is 3.34. The fourth-order valence-corrected chi connectivity index (χ4v) is 2.93. The van der Waals surface area contributed by atoms with Crippen molar-refractivity contribution in [1.29, 1.82) is 0 Å². The van der Waals surface area contributed by atoms with E-state index in [9.17, 15) is 14.7 Å². The van der Waals surface area contributed by atoms with E-state index in [1.54, 1.807) is 29.7 Å². The Morgan fingerprint density at radius 3 is 2.67 bits per heavy atom. The van der Waals surface area contributed by atoms with Gasteiger partial charge in [-0.05, 0) is 52.1 Å². The molecule has 1 aliphatic rings. The first kappa shape index (κ1) is 16.5. The fraction of sp³-hybridized carbons (Fsp3) is 0.444. The molecule has 6 nitrogen and oxygen atoms in total. The van der Waals surface area contributed by atoms with Crippen molar-refractivity contribution >= 4 is 16.9 Å². The summed E-state index contributed by atoms with van der Waals surface area (Å²) in [4.78, 5) is 26.3. The van der Waals surface area contributed by atoms with E-state index in [0.717, 1.165) is 19.4 Å². The second-order valence-electron chi connectivity index (χ2n) is 6.54. The quantitative estimate of drug-likeness (QED) is 0.880. The van der Waals surface area contributed by atoms with E-state index in [2.05, 4.69) is 0 Å². The number of nitrogens with zero attached hydrogens (tertiary/aromatic N) is 2. The largest absolute Gasteiger partial charge is 0.492 e. The van der Waals surface area contributed by atoms with Gasteiger partial charge in [-0.2, -0.15) is 0 Å². The SMILES string of the molecule is Cc1c(C(=O)O)n(C2CC2)c2ccc(OCCN(C)C)cc2c1=O. The zero-order valence-electron chi connectivity index (χ0n) is 14.2. The molecule has 1 aliphatic carbocycles. The normalized spacial score (nSPS) is 14.3. The number of carboxylic acids is 1. The molecule has 128 valence electrons. The lowest BCUT2D eigenvalue weighted by atomic mass is 10.1. The molecule has 0 unspecified atom stereocenters. The van der Waals surface area contributed by atoms with Crippen LogP contribution >= 0.6 is 0 Å². The van der Waals surface area contributed by atoms with Gasteiger partial charge in [0.25, 0.3) is 0 Å². The Labute approximate surface area is 140 Å². The van der Waals surface area contributed by atoms with Crippen LogP contribution in [0.2, 0.25) is 0 Å². The second-order valence-corrected chi connectivity index (χ2v) is 6.54. The summed E-state index contributed by atoms with van der Waals surface area (Å²) in [6.45, 7) is 2.90. The van der Waals surface area contributed by atoms with Gasteiger partial charge in [-0.15, -0.1) is 0 Å². The lowest BCUT2D eigenvalue weighted by Crippen LogP contribution is -2.22. The van der Waals surface area contributed by atoms with Crippen LogP contribution in [0.1, 0.15) is 34.9 Å². The number of aromatic nitrogens is 1. The van der Waals surface area contributed by atoms with E-state index in [-0.39, 0.29) is 22.7 Å². The molecule has 0 radical (unpaired) electrons. The van der Waals surface area contributed by atoms with Crippen molar-refractivity contribution in [3.63, 3.8) is 0 Å². The highest BCUT2D eigenvalue weighted by molar-refractivity contribution is 5.93. The van der Waals surface area contributed by atoms with Gasteiger partial charge < -0.3 is 19.3 Å². The summed E-state index contributed by atoms with van der Waals surface area (Å²) >= 11 is 0. The average molecular weight is 330 g/mol. The molecule has 1 N–H and O–H groups in total. The highest BCUT2D eigenvalue weighted by Crippen LogP contribution is 2.39. The first-order valence-corrected chi connectivity index (χ1v) is 8.10. The molecule has 1 fully saturated rings. The van der Waals surface area contributed by atoms with Gasteiger partial charge in [0.15, 0.2) is 5.43 Å². The monoisotopic (exact) mass is 330 g/mol. The van der Waals surface area contributed by atoms with E-state index in [0.29, 0.717) is 23.3 Å². The second kappa shape index (κ2) is 6.28. The third-order valence-electron chi connectivity index (χ3n) is 4.33. The Morgan fingerprint density at radius 1 is 1.38 bits per heavy atom. The van der Waals surface area contributed by atoms with Crippen LogP contribution in [0.5, 0.6) is 5.75 Å². The van der Waals surface area contributed by atoms with Crippen molar-refractivity contribution in [2.45, 2.75) is 25.8 Å². The van der Waals surface area contributed by atoms with Gasteiger partial charge >= 0.3 is 5.97 Å². The smallest absolute Gasteiger partial charge is 0.352 e. The molecule has 0 aliphatic heterocycles. The minimum atomic E-state index is -1.05. The van der Waals surface area contributed by atoms with Crippen molar-refractivity contribution < 1.29 is 14.6 Å². The predicted octanol–water partition coefficient (Wildman–Crippen LogP) is 2.28. The number of rotatable bonds is 6. The van der Waals surface area contributed by atoms with E-state index in [1.807, 2.05) is 19.0 Å². The topological polar surface area (TPSA) is 71.8 Å². The van der Waals surface area contributed by atoms with E-state index in [4.69, 9.17) is 4.74 Å². The van der Waals surface area contributed by atoms with Crippen molar-refractivity contribution in [1.82, 2.24) is 9.47 Å². The van der Waals surface area contributed by atoms with Crippen molar-refractivity contribution in [3.8, 4) is 5.75 Å². The van der Waals surface area contributed by atoms with Gasteiger partial charge in [-0.1, -0.05) is 0 Å².